The Morgan fingerprint density at radius 3 is 2.26 bits per heavy atom. The third-order valence-corrected chi connectivity index (χ3v) is 5.40. The molecule has 0 aliphatic heterocycles. The first-order chi connectivity index (χ1) is 15.0. The molecule has 0 saturated heterocycles. The first-order valence-corrected chi connectivity index (χ1v) is 10.2. The second-order valence-corrected chi connectivity index (χ2v) is 7.53. The van der Waals surface area contributed by atoms with Crippen molar-refractivity contribution >= 4 is 17.5 Å². The van der Waals surface area contributed by atoms with Gasteiger partial charge in [-0.1, -0.05) is 25.0 Å². The molecule has 158 valence electrons. The highest BCUT2D eigenvalue weighted by Gasteiger charge is 2.20. The minimum Gasteiger partial charge on any atom is -0.349 e. The summed E-state index contributed by atoms with van der Waals surface area (Å²) in [5, 5.41) is 5.57. The minimum atomic E-state index is -0.601. The molecule has 4 rings (SSSR count). The van der Waals surface area contributed by atoms with Crippen molar-refractivity contribution in [1.29, 1.82) is 0 Å². The summed E-state index contributed by atoms with van der Waals surface area (Å²) >= 11 is 0. The van der Waals surface area contributed by atoms with E-state index >= 15 is 0 Å². The summed E-state index contributed by atoms with van der Waals surface area (Å²) in [6, 6.07) is 15.6. The van der Waals surface area contributed by atoms with Crippen LogP contribution < -0.4 is 16.2 Å². The first-order valence-electron chi connectivity index (χ1n) is 10.2. The van der Waals surface area contributed by atoms with Crippen LogP contribution in [-0.4, -0.2) is 22.4 Å². The normalized spacial score (nSPS) is 13.7. The van der Waals surface area contributed by atoms with Gasteiger partial charge in [-0.05, 0) is 61.4 Å². The van der Waals surface area contributed by atoms with Crippen LogP contribution in [0.3, 0.4) is 0 Å². The number of hydrogen-bond donors (Lipinski definition) is 2. The molecular weight excluding hydrogens is 397 g/mol. The SMILES string of the molecule is O=C(Nc1ccc(-n2cccc(C(=O)NC3CCCC3)c2=O)cc1)c1ccccc1F. The molecule has 6 nitrogen and oxygen atoms in total. The summed E-state index contributed by atoms with van der Waals surface area (Å²) in [4.78, 5) is 37.7. The number of hydrogen-bond acceptors (Lipinski definition) is 3. The molecule has 1 aromatic heterocycles. The van der Waals surface area contributed by atoms with Gasteiger partial charge in [0.25, 0.3) is 17.4 Å². The number of nitrogens with zero attached hydrogens (tertiary/aromatic N) is 1. The fourth-order valence-electron chi connectivity index (χ4n) is 3.75. The molecule has 7 heteroatoms. The van der Waals surface area contributed by atoms with Crippen molar-refractivity contribution in [2.24, 2.45) is 0 Å². The van der Waals surface area contributed by atoms with E-state index in [1.807, 2.05) is 0 Å². The predicted octanol–water partition coefficient (Wildman–Crippen LogP) is 3.90. The van der Waals surface area contributed by atoms with Gasteiger partial charge in [-0.25, -0.2) is 4.39 Å². The van der Waals surface area contributed by atoms with Gasteiger partial charge < -0.3 is 10.6 Å². The van der Waals surface area contributed by atoms with E-state index in [1.165, 1.54) is 28.8 Å². The highest BCUT2D eigenvalue weighted by molar-refractivity contribution is 6.04. The Labute approximate surface area is 178 Å². The maximum atomic E-state index is 13.8. The Hall–Kier alpha value is -3.74. The lowest BCUT2D eigenvalue weighted by Crippen LogP contribution is -2.37. The van der Waals surface area contributed by atoms with E-state index in [-0.39, 0.29) is 23.1 Å². The second kappa shape index (κ2) is 8.95. The zero-order chi connectivity index (χ0) is 21.8. The van der Waals surface area contributed by atoms with Crippen LogP contribution in [-0.2, 0) is 0 Å². The lowest BCUT2D eigenvalue weighted by Gasteiger charge is -2.13. The number of carbonyl (C=O) groups is 2. The number of amides is 2. The van der Waals surface area contributed by atoms with E-state index in [2.05, 4.69) is 10.6 Å². The Morgan fingerprint density at radius 1 is 0.871 bits per heavy atom. The molecule has 0 atom stereocenters. The molecule has 2 N–H and O–H groups in total. The molecule has 1 saturated carbocycles. The predicted molar refractivity (Wildman–Crippen MR) is 116 cm³/mol. The Kier molecular flexibility index (Phi) is 5.93. The molecule has 0 radical (unpaired) electrons. The number of carbonyl (C=O) groups excluding carboxylic acids is 2. The molecule has 1 aliphatic rings. The summed E-state index contributed by atoms with van der Waals surface area (Å²) in [5.74, 6) is -1.52. The van der Waals surface area contributed by atoms with Crippen molar-refractivity contribution in [3.63, 3.8) is 0 Å². The number of halogens is 1. The molecule has 0 bridgehead atoms. The molecule has 2 aromatic carbocycles. The maximum absolute atomic E-state index is 13.8. The van der Waals surface area contributed by atoms with Crippen LogP contribution in [0, 0.1) is 5.82 Å². The van der Waals surface area contributed by atoms with E-state index in [9.17, 15) is 18.8 Å². The van der Waals surface area contributed by atoms with E-state index < -0.39 is 17.3 Å². The van der Waals surface area contributed by atoms with Crippen LogP contribution in [0.25, 0.3) is 5.69 Å². The largest absolute Gasteiger partial charge is 0.349 e. The summed E-state index contributed by atoms with van der Waals surface area (Å²) in [6.07, 6.45) is 5.63. The number of anilines is 1. The van der Waals surface area contributed by atoms with Gasteiger partial charge in [0.2, 0.25) is 0 Å². The highest BCUT2D eigenvalue weighted by atomic mass is 19.1. The average molecular weight is 419 g/mol. The molecule has 0 spiro atoms. The van der Waals surface area contributed by atoms with E-state index in [0.29, 0.717) is 11.4 Å². The van der Waals surface area contributed by atoms with Gasteiger partial charge in [-0.3, -0.25) is 19.0 Å². The van der Waals surface area contributed by atoms with E-state index in [0.717, 1.165) is 25.7 Å². The number of aromatic nitrogens is 1. The zero-order valence-electron chi connectivity index (χ0n) is 16.8. The van der Waals surface area contributed by atoms with Gasteiger partial charge in [0, 0.05) is 23.6 Å². The van der Waals surface area contributed by atoms with Gasteiger partial charge in [-0.15, -0.1) is 0 Å². The number of pyridine rings is 1. The van der Waals surface area contributed by atoms with Crippen LogP contribution in [0.4, 0.5) is 10.1 Å². The molecule has 1 aliphatic carbocycles. The van der Waals surface area contributed by atoms with E-state index in [4.69, 9.17) is 0 Å². The molecule has 0 unspecified atom stereocenters. The second-order valence-electron chi connectivity index (χ2n) is 7.53. The topological polar surface area (TPSA) is 80.2 Å². The van der Waals surface area contributed by atoms with Gasteiger partial charge in [0.15, 0.2) is 0 Å². The molecule has 1 heterocycles. The fraction of sp³-hybridized carbons (Fsp3) is 0.208. The van der Waals surface area contributed by atoms with Gasteiger partial charge >= 0.3 is 0 Å². The number of nitrogens with one attached hydrogen (secondary N) is 2. The smallest absolute Gasteiger partial charge is 0.267 e. The third-order valence-electron chi connectivity index (χ3n) is 5.40. The summed E-state index contributed by atoms with van der Waals surface area (Å²) in [7, 11) is 0. The number of benzene rings is 2. The zero-order valence-corrected chi connectivity index (χ0v) is 16.8. The maximum Gasteiger partial charge on any atom is 0.267 e. The fourth-order valence-corrected chi connectivity index (χ4v) is 3.75. The van der Waals surface area contributed by atoms with Crippen molar-refractivity contribution in [3.8, 4) is 5.69 Å². The average Bonchev–Trinajstić information content (AvgIpc) is 3.28. The quantitative estimate of drug-likeness (QED) is 0.658. The Balaban J connectivity index is 1.51. The number of rotatable bonds is 5. The van der Waals surface area contributed by atoms with Crippen LogP contribution in [0.2, 0.25) is 0 Å². The standard InChI is InChI=1S/C24H22FN3O3/c25-21-10-4-3-8-19(21)22(29)27-17-11-13-18(14-12-17)28-15-5-9-20(24(28)31)23(30)26-16-6-1-2-7-16/h3-5,8-16H,1-2,6-7H2,(H,26,30)(H,27,29). The minimum absolute atomic E-state index is 0.0521. The molecule has 2 amide bonds. The van der Waals surface area contributed by atoms with Crippen LogP contribution in [0.15, 0.2) is 71.7 Å². The molecule has 3 aromatic rings. The Bertz CT molecular complexity index is 1170. The van der Waals surface area contributed by atoms with E-state index in [1.54, 1.807) is 42.6 Å². The lowest BCUT2D eigenvalue weighted by molar-refractivity contribution is 0.0935. The monoisotopic (exact) mass is 419 g/mol. The van der Waals surface area contributed by atoms with Gasteiger partial charge in [0.1, 0.15) is 11.4 Å². The van der Waals surface area contributed by atoms with Gasteiger partial charge in [0.05, 0.1) is 5.56 Å². The highest BCUT2D eigenvalue weighted by Crippen LogP contribution is 2.18. The summed E-state index contributed by atoms with van der Waals surface area (Å²) in [6.45, 7) is 0. The van der Waals surface area contributed by atoms with Crippen LogP contribution in [0.1, 0.15) is 46.4 Å². The molecule has 31 heavy (non-hydrogen) atoms. The van der Waals surface area contributed by atoms with Crippen molar-refractivity contribution < 1.29 is 14.0 Å². The van der Waals surface area contributed by atoms with Gasteiger partial charge in [-0.2, -0.15) is 0 Å². The lowest BCUT2D eigenvalue weighted by atomic mass is 10.2. The summed E-state index contributed by atoms with van der Waals surface area (Å²) in [5.41, 5.74) is 0.626. The first kappa shape index (κ1) is 20.5. The summed E-state index contributed by atoms with van der Waals surface area (Å²) < 4.78 is 15.2. The third kappa shape index (κ3) is 4.55. The van der Waals surface area contributed by atoms with Crippen molar-refractivity contribution in [1.82, 2.24) is 9.88 Å². The van der Waals surface area contributed by atoms with Crippen molar-refractivity contribution in [2.75, 3.05) is 5.32 Å². The molecule has 1 fully saturated rings. The van der Waals surface area contributed by atoms with Crippen LogP contribution in [0.5, 0.6) is 0 Å². The molecular formula is C24H22FN3O3. The van der Waals surface area contributed by atoms with Crippen molar-refractivity contribution in [2.45, 2.75) is 31.7 Å². The van der Waals surface area contributed by atoms with Crippen LogP contribution >= 0.6 is 0 Å². The van der Waals surface area contributed by atoms with Crippen molar-refractivity contribution in [3.05, 3.63) is 94.2 Å². The Morgan fingerprint density at radius 2 is 1.55 bits per heavy atom.